The van der Waals surface area contributed by atoms with Gasteiger partial charge in [0.15, 0.2) is 0 Å². The number of nitrogens with zero attached hydrogens (tertiary/aromatic N) is 4. The van der Waals surface area contributed by atoms with Crippen molar-refractivity contribution in [3.05, 3.63) is 113 Å². The van der Waals surface area contributed by atoms with Gasteiger partial charge in [0.2, 0.25) is 5.95 Å². The molecule has 0 spiro atoms. The summed E-state index contributed by atoms with van der Waals surface area (Å²) < 4.78 is 2.04. The summed E-state index contributed by atoms with van der Waals surface area (Å²) >= 11 is 1.41. The minimum absolute atomic E-state index is 0.131. The van der Waals surface area contributed by atoms with Crippen molar-refractivity contribution in [3.63, 3.8) is 0 Å². The molecule has 1 aliphatic rings. The molecule has 0 bridgehead atoms. The predicted molar refractivity (Wildman–Crippen MR) is 168 cm³/mol. The SMILES string of the molecule is O=C(Nc1cccc(-c2nc3ccccn3c2-c2ccnc(Nc3cccc(C4CCNCC4)c3)n2)c1)c1cccs1. The summed E-state index contributed by atoms with van der Waals surface area (Å²) in [5.41, 5.74) is 7.05. The van der Waals surface area contributed by atoms with Gasteiger partial charge in [-0.25, -0.2) is 15.0 Å². The molecule has 1 saturated heterocycles. The van der Waals surface area contributed by atoms with Gasteiger partial charge in [0.05, 0.1) is 22.0 Å². The summed E-state index contributed by atoms with van der Waals surface area (Å²) in [4.78, 5) is 27.8. The Hall–Kier alpha value is -4.86. The Kier molecular flexibility index (Phi) is 7.17. The molecule has 0 saturated carbocycles. The van der Waals surface area contributed by atoms with E-state index in [4.69, 9.17) is 9.97 Å². The van der Waals surface area contributed by atoms with Gasteiger partial charge in [-0.15, -0.1) is 11.3 Å². The number of benzene rings is 2. The van der Waals surface area contributed by atoms with E-state index < -0.39 is 0 Å². The van der Waals surface area contributed by atoms with Gasteiger partial charge in [-0.3, -0.25) is 9.20 Å². The molecular formula is C33H29N7OS. The monoisotopic (exact) mass is 571 g/mol. The van der Waals surface area contributed by atoms with Crippen molar-refractivity contribution >= 4 is 40.2 Å². The fraction of sp³-hybridized carbons (Fsp3) is 0.152. The van der Waals surface area contributed by atoms with E-state index in [9.17, 15) is 4.79 Å². The maximum Gasteiger partial charge on any atom is 0.265 e. The minimum atomic E-state index is -0.131. The van der Waals surface area contributed by atoms with Crippen LogP contribution in [0.4, 0.5) is 17.3 Å². The molecule has 3 N–H and O–H groups in total. The van der Waals surface area contributed by atoms with Crippen LogP contribution in [0, 0.1) is 0 Å². The van der Waals surface area contributed by atoms with Gasteiger partial charge < -0.3 is 16.0 Å². The van der Waals surface area contributed by atoms with Crippen LogP contribution in [0.1, 0.15) is 34.0 Å². The molecule has 5 heterocycles. The second-order valence-corrected chi connectivity index (χ2v) is 11.2. The van der Waals surface area contributed by atoms with Gasteiger partial charge in [0, 0.05) is 29.3 Å². The van der Waals surface area contributed by atoms with Gasteiger partial charge in [-0.2, -0.15) is 0 Å². The highest BCUT2D eigenvalue weighted by atomic mass is 32.1. The summed E-state index contributed by atoms with van der Waals surface area (Å²) in [5, 5.41) is 11.8. The van der Waals surface area contributed by atoms with Crippen LogP contribution in [0.3, 0.4) is 0 Å². The molecule has 4 aromatic heterocycles. The first-order valence-electron chi connectivity index (χ1n) is 14.0. The number of piperidine rings is 1. The van der Waals surface area contributed by atoms with E-state index in [1.807, 2.05) is 76.6 Å². The zero-order valence-corrected chi connectivity index (χ0v) is 23.6. The number of amides is 1. The predicted octanol–water partition coefficient (Wildman–Crippen LogP) is 6.98. The molecule has 0 atom stereocenters. The highest BCUT2D eigenvalue weighted by Gasteiger charge is 2.19. The van der Waals surface area contributed by atoms with E-state index in [2.05, 4.69) is 45.2 Å². The lowest BCUT2D eigenvalue weighted by atomic mass is 9.90. The molecule has 0 unspecified atom stereocenters. The van der Waals surface area contributed by atoms with E-state index in [-0.39, 0.29) is 5.91 Å². The Morgan fingerprint density at radius 2 is 1.79 bits per heavy atom. The number of anilines is 3. The second-order valence-electron chi connectivity index (χ2n) is 10.3. The van der Waals surface area contributed by atoms with Crippen LogP contribution in [0.2, 0.25) is 0 Å². The molecule has 8 nitrogen and oxygen atoms in total. The van der Waals surface area contributed by atoms with Gasteiger partial charge in [0.25, 0.3) is 5.91 Å². The molecule has 6 aromatic rings. The van der Waals surface area contributed by atoms with Crippen LogP contribution in [0.15, 0.2) is 103 Å². The molecular weight excluding hydrogens is 542 g/mol. The van der Waals surface area contributed by atoms with Crippen molar-refractivity contribution in [2.75, 3.05) is 23.7 Å². The number of nitrogens with one attached hydrogen (secondary N) is 3. The molecule has 1 amide bonds. The molecule has 1 aliphatic heterocycles. The summed E-state index contributed by atoms with van der Waals surface area (Å²) in [6, 6.07) is 27.8. The lowest BCUT2D eigenvalue weighted by Gasteiger charge is -2.23. The molecule has 7 rings (SSSR count). The maximum absolute atomic E-state index is 12.7. The van der Waals surface area contributed by atoms with Crippen molar-refractivity contribution in [1.29, 1.82) is 0 Å². The van der Waals surface area contributed by atoms with Gasteiger partial charge >= 0.3 is 0 Å². The molecule has 9 heteroatoms. The zero-order chi connectivity index (χ0) is 28.3. The molecule has 0 radical (unpaired) electrons. The van der Waals surface area contributed by atoms with E-state index in [1.165, 1.54) is 16.9 Å². The average molecular weight is 572 g/mol. The van der Waals surface area contributed by atoms with E-state index in [0.29, 0.717) is 22.4 Å². The molecule has 208 valence electrons. The van der Waals surface area contributed by atoms with Crippen molar-refractivity contribution in [2.24, 2.45) is 0 Å². The van der Waals surface area contributed by atoms with Gasteiger partial charge in [-0.1, -0.05) is 36.4 Å². The van der Waals surface area contributed by atoms with Crippen molar-refractivity contribution in [1.82, 2.24) is 24.7 Å². The normalized spacial score (nSPS) is 13.7. The van der Waals surface area contributed by atoms with Crippen molar-refractivity contribution in [2.45, 2.75) is 18.8 Å². The third-order valence-electron chi connectivity index (χ3n) is 7.52. The lowest BCUT2D eigenvalue weighted by molar-refractivity contribution is 0.103. The first kappa shape index (κ1) is 26.1. The fourth-order valence-corrected chi connectivity index (χ4v) is 6.11. The first-order valence-corrected chi connectivity index (χ1v) is 14.9. The van der Waals surface area contributed by atoms with E-state index >= 15 is 0 Å². The number of carbonyl (C=O) groups excluding carboxylic acids is 1. The number of hydrogen-bond acceptors (Lipinski definition) is 7. The number of imidazole rings is 1. The van der Waals surface area contributed by atoms with Crippen LogP contribution in [-0.4, -0.2) is 38.3 Å². The highest BCUT2D eigenvalue weighted by molar-refractivity contribution is 7.12. The smallest absolute Gasteiger partial charge is 0.265 e. The van der Waals surface area contributed by atoms with Gasteiger partial charge in [-0.05, 0) is 91.3 Å². The number of hydrogen-bond donors (Lipinski definition) is 3. The Morgan fingerprint density at radius 1 is 0.905 bits per heavy atom. The Bertz CT molecular complexity index is 1860. The second kappa shape index (κ2) is 11.6. The molecule has 2 aromatic carbocycles. The largest absolute Gasteiger partial charge is 0.324 e. The average Bonchev–Trinajstić information content (AvgIpc) is 3.71. The van der Waals surface area contributed by atoms with Crippen LogP contribution in [0.25, 0.3) is 28.3 Å². The Morgan fingerprint density at radius 3 is 2.67 bits per heavy atom. The number of carbonyl (C=O) groups is 1. The summed E-state index contributed by atoms with van der Waals surface area (Å²) in [6.45, 7) is 2.11. The number of fused-ring (bicyclic) bond motifs is 1. The van der Waals surface area contributed by atoms with Crippen molar-refractivity contribution in [3.8, 4) is 22.6 Å². The third-order valence-corrected chi connectivity index (χ3v) is 8.39. The van der Waals surface area contributed by atoms with Gasteiger partial charge in [0.1, 0.15) is 5.65 Å². The summed E-state index contributed by atoms with van der Waals surface area (Å²) in [7, 11) is 0. The van der Waals surface area contributed by atoms with E-state index in [0.717, 1.165) is 59.9 Å². The Labute approximate surface area is 247 Å². The quantitative estimate of drug-likeness (QED) is 0.191. The minimum Gasteiger partial charge on any atom is -0.324 e. The van der Waals surface area contributed by atoms with Crippen LogP contribution in [0.5, 0.6) is 0 Å². The number of rotatable bonds is 7. The number of aromatic nitrogens is 4. The summed E-state index contributed by atoms with van der Waals surface area (Å²) in [6.07, 6.45) is 6.04. The lowest BCUT2D eigenvalue weighted by Crippen LogP contribution is -2.26. The molecule has 42 heavy (non-hydrogen) atoms. The summed E-state index contributed by atoms with van der Waals surface area (Å²) in [5.74, 6) is 0.948. The third kappa shape index (κ3) is 5.39. The number of pyridine rings is 1. The highest BCUT2D eigenvalue weighted by Crippen LogP contribution is 2.34. The molecule has 1 fully saturated rings. The topological polar surface area (TPSA) is 96.2 Å². The maximum atomic E-state index is 12.7. The standard InChI is InChI=1S/C33H29N7OS/c41-32(28-10-5-19-42-28)36-25-8-4-7-24(21-25)30-31(40-18-2-1-11-29(40)39-30)27-14-17-35-33(38-27)37-26-9-3-6-23(20-26)22-12-15-34-16-13-22/h1-11,14,17-22,34H,12-13,15-16H2,(H,36,41)(H,35,37,38). The number of thiophene rings is 1. The van der Waals surface area contributed by atoms with Crippen LogP contribution < -0.4 is 16.0 Å². The van der Waals surface area contributed by atoms with Crippen LogP contribution >= 0.6 is 11.3 Å². The van der Waals surface area contributed by atoms with Crippen LogP contribution in [-0.2, 0) is 0 Å². The fourth-order valence-electron chi connectivity index (χ4n) is 5.49. The first-order chi connectivity index (χ1) is 20.7. The Balaban J connectivity index is 1.22. The van der Waals surface area contributed by atoms with Crippen molar-refractivity contribution < 1.29 is 4.79 Å². The van der Waals surface area contributed by atoms with E-state index in [1.54, 1.807) is 6.20 Å². The molecule has 0 aliphatic carbocycles. The zero-order valence-electron chi connectivity index (χ0n) is 22.8.